The van der Waals surface area contributed by atoms with E-state index in [2.05, 4.69) is 5.32 Å². The Morgan fingerprint density at radius 3 is 2.12 bits per heavy atom. The number of aryl methyl sites for hydroxylation is 1. The van der Waals surface area contributed by atoms with Gasteiger partial charge in [0.15, 0.2) is 0 Å². The van der Waals surface area contributed by atoms with E-state index < -0.39 is 41.0 Å². The molecule has 1 aliphatic heterocycles. The molecule has 3 rings (SSSR count). The van der Waals surface area contributed by atoms with Crippen LogP contribution in [0.15, 0.2) is 42.5 Å². The van der Waals surface area contributed by atoms with Crippen LogP contribution in [0.2, 0.25) is 0 Å². The van der Waals surface area contributed by atoms with Gasteiger partial charge in [-0.3, -0.25) is 9.69 Å². The minimum Gasteiger partial charge on any atom is -0.497 e. The normalized spacial score (nSPS) is 18.0. The molecular formula is C28H32F6N2O5. The highest BCUT2D eigenvalue weighted by Gasteiger charge is 2.71. The minimum atomic E-state index is -5.99. The van der Waals surface area contributed by atoms with Gasteiger partial charge >= 0.3 is 18.4 Å². The number of nitrogens with zero attached hydrogens (tertiary/aromatic N) is 1. The van der Waals surface area contributed by atoms with Gasteiger partial charge in [0.05, 0.1) is 13.7 Å². The Morgan fingerprint density at radius 1 is 0.951 bits per heavy atom. The van der Waals surface area contributed by atoms with E-state index >= 15 is 0 Å². The van der Waals surface area contributed by atoms with Crippen LogP contribution in [0.5, 0.6) is 11.5 Å². The summed E-state index contributed by atoms with van der Waals surface area (Å²) in [5, 5.41) is 12.5. The van der Waals surface area contributed by atoms with Gasteiger partial charge < -0.3 is 19.9 Å². The number of benzene rings is 2. The van der Waals surface area contributed by atoms with Crippen molar-refractivity contribution in [3.8, 4) is 11.5 Å². The average Bonchev–Trinajstić information content (AvgIpc) is 3.17. The fraction of sp³-hybridized carbons (Fsp3) is 0.500. The van der Waals surface area contributed by atoms with Crippen molar-refractivity contribution in [2.75, 3.05) is 20.3 Å². The van der Waals surface area contributed by atoms with Crippen LogP contribution < -0.4 is 14.8 Å². The van der Waals surface area contributed by atoms with E-state index in [0.717, 1.165) is 11.0 Å². The number of ether oxygens (including phenoxy) is 2. The van der Waals surface area contributed by atoms with Crippen molar-refractivity contribution in [1.29, 1.82) is 0 Å². The number of aliphatic hydroxyl groups is 1. The molecule has 3 amide bonds. The number of unbranched alkanes of at least 4 members (excludes halogenated alkanes) is 1. The third-order valence-corrected chi connectivity index (χ3v) is 7.14. The van der Waals surface area contributed by atoms with Gasteiger partial charge in [-0.2, -0.15) is 26.3 Å². The van der Waals surface area contributed by atoms with Gasteiger partial charge in [0.25, 0.3) is 11.5 Å². The molecule has 2 N–H and O–H groups in total. The summed E-state index contributed by atoms with van der Waals surface area (Å²) in [6.45, 7) is 3.58. The zero-order chi connectivity index (χ0) is 30.6. The molecule has 1 fully saturated rings. The topological polar surface area (TPSA) is 88.1 Å². The lowest BCUT2D eigenvalue weighted by atomic mass is 9.87. The van der Waals surface area contributed by atoms with E-state index in [1.807, 2.05) is 0 Å². The highest BCUT2D eigenvalue weighted by atomic mass is 19.4. The Morgan fingerprint density at radius 2 is 1.59 bits per heavy atom. The van der Waals surface area contributed by atoms with Gasteiger partial charge in [-0.05, 0) is 61.1 Å². The van der Waals surface area contributed by atoms with Crippen LogP contribution in [-0.2, 0) is 22.4 Å². The van der Waals surface area contributed by atoms with E-state index in [9.17, 15) is 41.0 Å². The van der Waals surface area contributed by atoms with Gasteiger partial charge in [0.1, 0.15) is 17.0 Å². The predicted molar refractivity (Wildman–Crippen MR) is 136 cm³/mol. The van der Waals surface area contributed by atoms with Crippen molar-refractivity contribution in [3.63, 3.8) is 0 Å². The first-order valence-electron chi connectivity index (χ1n) is 13.1. The van der Waals surface area contributed by atoms with E-state index in [0.29, 0.717) is 49.1 Å². The van der Waals surface area contributed by atoms with Crippen LogP contribution in [-0.4, -0.2) is 54.6 Å². The molecule has 0 radical (unpaired) electrons. The molecular weight excluding hydrogens is 558 g/mol. The highest BCUT2D eigenvalue weighted by Crippen LogP contribution is 2.50. The zero-order valence-electron chi connectivity index (χ0n) is 22.8. The van der Waals surface area contributed by atoms with E-state index in [1.165, 1.54) is 7.11 Å². The second-order valence-corrected chi connectivity index (χ2v) is 9.71. The first-order valence-corrected chi connectivity index (χ1v) is 13.1. The van der Waals surface area contributed by atoms with Crippen molar-refractivity contribution in [1.82, 2.24) is 10.2 Å². The zero-order valence-corrected chi connectivity index (χ0v) is 22.8. The summed E-state index contributed by atoms with van der Waals surface area (Å²) in [6, 6.07) is 8.45. The Bertz CT molecular complexity index is 1220. The van der Waals surface area contributed by atoms with Crippen molar-refractivity contribution in [2.24, 2.45) is 0 Å². The van der Waals surface area contributed by atoms with E-state index in [1.54, 1.807) is 38.1 Å². The van der Waals surface area contributed by atoms with Gasteiger partial charge in [0.2, 0.25) is 0 Å². The number of imide groups is 1. The maximum Gasteiger partial charge on any atom is 0.430 e. The molecule has 7 nitrogen and oxygen atoms in total. The number of hydrogen-bond acceptors (Lipinski definition) is 5. The first-order chi connectivity index (χ1) is 19.2. The van der Waals surface area contributed by atoms with Crippen LogP contribution in [0, 0.1) is 0 Å². The van der Waals surface area contributed by atoms with Crippen molar-refractivity contribution in [2.45, 2.75) is 69.4 Å². The number of carbonyl (C=O) groups excluding carboxylic acids is 2. The molecule has 0 bridgehead atoms. The maximum atomic E-state index is 13.3. The van der Waals surface area contributed by atoms with Crippen LogP contribution in [0.4, 0.5) is 31.1 Å². The lowest BCUT2D eigenvalue weighted by Crippen LogP contribution is -2.53. The third kappa shape index (κ3) is 6.09. The van der Waals surface area contributed by atoms with Gasteiger partial charge in [0, 0.05) is 12.1 Å². The molecule has 1 atom stereocenters. The minimum absolute atomic E-state index is 0.0277. The summed E-state index contributed by atoms with van der Waals surface area (Å²) in [6.07, 6.45) is -10.5. The quantitative estimate of drug-likeness (QED) is 0.181. The Balaban J connectivity index is 1.66. The molecule has 1 heterocycles. The predicted octanol–water partition coefficient (Wildman–Crippen LogP) is 5.98. The number of hydrogen-bond donors (Lipinski definition) is 2. The molecule has 0 spiro atoms. The molecule has 0 aromatic heterocycles. The first kappa shape index (κ1) is 32.0. The SMILES string of the molecule is CCCc1cc(C(O)(C(F)(F)F)C(F)(F)F)ccc1OCCCCN1C(=O)NC(CC)(c2ccc(OC)cc2)C1=O. The Kier molecular flexibility index (Phi) is 9.51. The molecule has 1 unspecified atom stereocenters. The molecule has 226 valence electrons. The number of alkyl halides is 6. The van der Waals surface area contributed by atoms with Crippen LogP contribution >= 0.6 is 0 Å². The number of nitrogens with one attached hydrogen (secondary N) is 1. The summed E-state index contributed by atoms with van der Waals surface area (Å²) in [4.78, 5) is 27.1. The molecule has 1 saturated heterocycles. The van der Waals surface area contributed by atoms with Gasteiger partial charge in [-0.15, -0.1) is 0 Å². The fourth-order valence-electron chi connectivity index (χ4n) is 4.80. The summed E-state index contributed by atoms with van der Waals surface area (Å²) >= 11 is 0. The number of carbonyl (C=O) groups is 2. The fourth-order valence-corrected chi connectivity index (χ4v) is 4.80. The number of urea groups is 1. The molecule has 0 saturated carbocycles. The van der Waals surface area contributed by atoms with Gasteiger partial charge in [-0.1, -0.05) is 38.5 Å². The summed E-state index contributed by atoms with van der Waals surface area (Å²) in [5.41, 5.74) is -6.89. The largest absolute Gasteiger partial charge is 0.497 e. The van der Waals surface area contributed by atoms with Crippen LogP contribution in [0.3, 0.4) is 0 Å². The molecule has 2 aromatic rings. The Labute approximate surface area is 233 Å². The summed E-state index contributed by atoms with van der Waals surface area (Å²) in [7, 11) is 1.51. The smallest absolute Gasteiger partial charge is 0.430 e. The number of halogens is 6. The number of rotatable bonds is 12. The van der Waals surface area contributed by atoms with Crippen LogP contribution in [0.1, 0.15) is 56.2 Å². The molecule has 2 aromatic carbocycles. The standard InChI is InChI=1S/C28H32F6N2O5/c1-4-8-18-17-20(26(39,27(29,30)31)28(32,33)34)11-14-22(18)41-16-7-6-15-36-23(37)25(5-2,35-24(36)38)19-9-12-21(40-3)13-10-19/h9-14,17,39H,4-8,15-16H2,1-3H3,(H,35,38). The average molecular weight is 591 g/mol. The van der Waals surface area contributed by atoms with Crippen LogP contribution in [0.25, 0.3) is 0 Å². The second kappa shape index (κ2) is 12.2. The van der Waals surface area contributed by atoms with Crippen molar-refractivity contribution in [3.05, 3.63) is 59.2 Å². The van der Waals surface area contributed by atoms with Crippen molar-refractivity contribution < 1.29 is 50.5 Å². The monoisotopic (exact) mass is 590 g/mol. The molecule has 1 aliphatic rings. The lowest BCUT2D eigenvalue weighted by molar-refractivity contribution is -0.376. The summed E-state index contributed by atoms with van der Waals surface area (Å²) in [5.74, 6) is 0.280. The van der Waals surface area contributed by atoms with Gasteiger partial charge in [-0.25, -0.2) is 4.79 Å². The second-order valence-electron chi connectivity index (χ2n) is 9.71. The summed E-state index contributed by atoms with van der Waals surface area (Å²) < 4.78 is 90.6. The maximum absolute atomic E-state index is 13.3. The third-order valence-electron chi connectivity index (χ3n) is 7.14. The molecule has 41 heavy (non-hydrogen) atoms. The van der Waals surface area contributed by atoms with Crippen molar-refractivity contribution >= 4 is 11.9 Å². The molecule has 13 heteroatoms. The highest BCUT2D eigenvalue weighted by molar-refractivity contribution is 6.07. The van der Waals surface area contributed by atoms with E-state index in [-0.39, 0.29) is 30.9 Å². The number of amides is 3. The number of methoxy groups -OCH3 is 1. The Hall–Kier alpha value is -3.48. The van der Waals surface area contributed by atoms with E-state index in [4.69, 9.17) is 9.47 Å². The lowest BCUT2D eigenvalue weighted by Gasteiger charge is -2.33. The molecule has 0 aliphatic carbocycles.